The Kier molecular flexibility index (Phi) is 3.41. The molecule has 0 fully saturated rings. The molecular weight excluding hydrogens is 248 g/mol. The Labute approximate surface area is 109 Å². The highest BCUT2D eigenvalue weighted by atomic mass is 16.5. The average molecular weight is 262 g/mol. The van der Waals surface area contributed by atoms with E-state index in [4.69, 9.17) is 20.1 Å². The summed E-state index contributed by atoms with van der Waals surface area (Å²) in [5, 5.41) is 12.7. The summed E-state index contributed by atoms with van der Waals surface area (Å²) < 4.78 is 10.6. The van der Waals surface area contributed by atoms with Crippen molar-refractivity contribution in [1.29, 1.82) is 0 Å². The fraction of sp³-hybridized carbons (Fsp3) is 0.231. The number of rotatable bonds is 4. The number of nitrogen functional groups attached to an aromatic ring is 1. The van der Waals surface area contributed by atoms with Crippen molar-refractivity contribution in [2.45, 2.75) is 20.5 Å². The molecule has 0 aliphatic heterocycles. The van der Waals surface area contributed by atoms with Crippen LogP contribution in [0.2, 0.25) is 0 Å². The Balaban J connectivity index is 2.14. The van der Waals surface area contributed by atoms with E-state index in [2.05, 4.69) is 5.16 Å². The average Bonchev–Trinajstić information content (AvgIpc) is 2.68. The number of hydrogen-bond acceptors (Lipinski definition) is 5. The number of hydrogen-bond donors (Lipinski definition) is 2. The number of aromatic carboxylic acids is 1. The van der Waals surface area contributed by atoms with Gasteiger partial charge in [-0.1, -0.05) is 5.16 Å². The summed E-state index contributed by atoms with van der Waals surface area (Å²) in [7, 11) is 0. The van der Waals surface area contributed by atoms with E-state index in [1.807, 2.05) is 6.92 Å². The summed E-state index contributed by atoms with van der Waals surface area (Å²) in [5.41, 5.74) is 7.78. The minimum atomic E-state index is -1.02. The molecule has 0 unspecified atom stereocenters. The highest BCUT2D eigenvalue weighted by Crippen LogP contribution is 2.24. The molecule has 19 heavy (non-hydrogen) atoms. The molecule has 0 aliphatic rings. The number of carbonyl (C=O) groups is 1. The normalized spacial score (nSPS) is 10.4. The van der Waals surface area contributed by atoms with Gasteiger partial charge in [-0.25, -0.2) is 4.79 Å². The van der Waals surface area contributed by atoms with Crippen molar-refractivity contribution in [3.05, 3.63) is 40.8 Å². The third kappa shape index (κ3) is 2.67. The minimum absolute atomic E-state index is 0.127. The molecule has 1 heterocycles. The van der Waals surface area contributed by atoms with Crippen molar-refractivity contribution in [2.75, 3.05) is 5.73 Å². The summed E-state index contributed by atoms with van der Waals surface area (Å²) in [6.07, 6.45) is 0. The van der Waals surface area contributed by atoms with Crippen LogP contribution in [0, 0.1) is 13.8 Å². The topological polar surface area (TPSA) is 98.6 Å². The lowest BCUT2D eigenvalue weighted by Crippen LogP contribution is -2.03. The van der Waals surface area contributed by atoms with Gasteiger partial charge in [-0.15, -0.1) is 0 Å². The lowest BCUT2D eigenvalue weighted by Gasteiger charge is -2.09. The van der Waals surface area contributed by atoms with Gasteiger partial charge in [0.15, 0.2) is 0 Å². The van der Waals surface area contributed by atoms with Crippen LogP contribution in [0.3, 0.4) is 0 Å². The van der Waals surface area contributed by atoms with E-state index >= 15 is 0 Å². The van der Waals surface area contributed by atoms with E-state index in [0.717, 1.165) is 11.3 Å². The monoisotopic (exact) mass is 262 g/mol. The fourth-order valence-electron chi connectivity index (χ4n) is 1.67. The Morgan fingerprint density at radius 1 is 1.47 bits per heavy atom. The number of carboxylic acid groups (broad SMARTS) is 1. The molecule has 2 rings (SSSR count). The van der Waals surface area contributed by atoms with Gasteiger partial charge in [-0.3, -0.25) is 0 Å². The molecule has 0 aliphatic carbocycles. The van der Waals surface area contributed by atoms with Crippen molar-refractivity contribution in [1.82, 2.24) is 5.16 Å². The van der Waals surface area contributed by atoms with Crippen LogP contribution in [-0.2, 0) is 6.61 Å². The quantitative estimate of drug-likeness (QED) is 0.819. The van der Waals surface area contributed by atoms with Crippen molar-refractivity contribution in [3.63, 3.8) is 0 Å². The maximum atomic E-state index is 10.8. The smallest absolute Gasteiger partial charge is 0.335 e. The fourth-order valence-corrected chi connectivity index (χ4v) is 1.67. The molecule has 6 nitrogen and oxygen atoms in total. The van der Waals surface area contributed by atoms with Crippen molar-refractivity contribution in [3.8, 4) is 5.75 Å². The zero-order valence-corrected chi connectivity index (χ0v) is 10.6. The van der Waals surface area contributed by atoms with Gasteiger partial charge in [0.25, 0.3) is 0 Å². The first-order chi connectivity index (χ1) is 8.99. The summed E-state index contributed by atoms with van der Waals surface area (Å²) in [6.45, 7) is 3.90. The Hall–Kier alpha value is -2.50. The highest BCUT2D eigenvalue weighted by molar-refractivity contribution is 5.89. The molecule has 0 amide bonds. The van der Waals surface area contributed by atoms with E-state index in [1.54, 1.807) is 6.92 Å². The summed E-state index contributed by atoms with van der Waals surface area (Å²) in [4.78, 5) is 10.8. The molecule has 2 aromatic rings. The van der Waals surface area contributed by atoms with Gasteiger partial charge >= 0.3 is 5.97 Å². The highest BCUT2D eigenvalue weighted by Gasteiger charge is 2.11. The van der Waals surface area contributed by atoms with Gasteiger partial charge in [-0.2, -0.15) is 0 Å². The van der Waals surface area contributed by atoms with Crippen LogP contribution < -0.4 is 10.5 Å². The number of aryl methyl sites for hydroxylation is 2. The predicted molar refractivity (Wildman–Crippen MR) is 68.1 cm³/mol. The van der Waals surface area contributed by atoms with Crippen LogP contribution in [0.5, 0.6) is 5.75 Å². The number of nitrogens with two attached hydrogens (primary N) is 1. The summed E-state index contributed by atoms with van der Waals surface area (Å²) >= 11 is 0. The van der Waals surface area contributed by atoms with Gasteiger partial charge < -0.3 is 20.1 Å². The van der Waals surface area contributed by atoms with Crippen LogP contribution in [0.25, 0.3) is 0 Å². The SMILES string of the molecule is Cc1noc(C)c1COc1ccc(C(=O)O)cc1N. The van der Waals surface area contributed by atoms with E-state index in [-0.39, 0.29) is 17.9 Å². The summed E-state index contributed by atoms with van der Waals surface area (Å²) in [6, 6.07) is 4.35. The zero-order valence-electron chi connectivity index (χ0n) is 10.6. The predicted octanol–water partition coefficient (Wildman–Crippen LogP) is 2.15. The Morgan fingerprint density at radius 2 is 2.21 bits per heavy atom. The summed E-state index contributed by atoms with van der Waals surface area (Å²) in [5.74, 6) is 0.104. The van der Waals surface area contributed by atoms with Crippen molar-refractivity contribution >= 4 is 11.7 Å². The number of carboxylic acids is 1. The third-order valence-corrected chi connectivity index (χ3v) is 2.81. The number of nitrogens with zero attached hydrogens (tertiary/aromatic N) is 1. The van der Waals surface area contributed by atoms with E-state index in [9.17, 15) is 4.79 Å². The first kappa shape index (κ1) is 12.9. The molecular formula is C13H14N2O4. The lowest BCUT2D eigenvalue weighted by molar-refractivity contribution is 0.0697. The maximum absolute atomic E-state index is 10.8. The molecule has 0 radical (unpaired) electrons. The Bertz CT molecular complexity index is 600. The van der Waals surface area contributed by atoms with E-state index in [0.29, 0.717) is 11.5 Å². The molecule has 0 saturated carbocycles. The number of aromatic nitrogens is 1. The second-order valence-corrected chi connectivity index (χ2v) is 4.15. The first-order valence-corrected chi connectivity index (χ1v) is 5.66. The van der Waals surface area contributed by atoms with E-state index < -0.39 is 5.97 Å². The second-order valence-electron chi connectivity index (χ2n) is 4.15. The third-order valence-electron chi connectivity index (χ3n) is 2.81. The van der Waals surface area contributed by atoms with Crippen LogP contribution in [0.4, 0.5) is 5.69 Å². The molecule has 3 N–H and O–H groups in total. The largest absolute Gasteiger partial charge is 0.487 e. The molecule has 100 valence electrons. The first-order valence-electron chi connectivity index (χ1n) is 5.66. The number of ether oxygens (including phenoxy) is 1. The molecule has 1 aromatic carbocycles. The van der Waals surface area contributed by atoms with Gasteiger partial charge in [0.2, 0.25) is 0 Å². The number of anilines is 1. The van der Waals surface area contributed by atoms with Gasteiger partial charge in [-0.05, 0) is 32.0 Å². The van der Waals surface area contributed by atoms with Crippen molar-refractivity contribution in [2.24, 2.45) is 0 Å². The molecule has 0 saturated heterocycles. The van der Waals surface area contributed by atoms with Crippen LogP contribution >= 0.6 is 0 Å². The standard InChI is InChI=1S/C13H14N2O4/c1-7-10(8(2)19-15-7)6-18-12-4-3-9(13(16)17)5-11(12)14/h3-5H,6,14H2,1-2H3,(H,16,17). The molecule has 0 spiro atoms. The lowest BCUT2D eigenvalue weighted by atomic mass is 10.2. The van der Waals surface area contributed by atoms with Gasteiger partial charge in [0.1, 0.15) is 18.1 Å². The molecule has 1 aromatic heterocycles. The minimum Gasteiger partial charge on any atom is -0.487 e. The van der Waals surface area contributed by atoms with Crippen LogP contribution in [0.15, 0.2) is 22.7 Å². The van der Waals surface area contributed by atoms with Gasteiger partial charge in [0.05, 0.1) is 22.5 Å². The van der Waals surface area contributed by atoms with Crippen LogP contribution in [0.1, 0.15) is 27.4 Å². The van der Waals surface area contributed by atoms with Crippen molar-refractivity contribution < 1.29 is 19.2 Å². The van der Waals surface area contributed by atoms with Gasteiger partial charge in [0, 0.05) is 0 Å². The molecule has 0 bridgehead atoms. The van der Waals surface area contributed by atoms with E-state index in [1.165, 1.54) is 18.2 Å². The zero-order chi connectivity index (χ0) is 14.0. The molecule has 6 heteroatoms. The number of benzene rings is 1. The maximum Gasteiger partial charge on any atom is 0.335 e. The Morgan fingerprint density at radius 3 is 2.74 bits per heavy atom. The second kappa shape index (κ2) is 5.01. The van der Waals surface area contributed by atoms with Crippen LogP contribution in [-0.4, -0.2) is 16.2 Å². The molecule has 0 atom stereocenters.